The zero-order chi connectivity index (χ0) is 18.4. The summed E-state index contributed by atoms with van der Waals surface area (Å²) in [6.45, 7) is 8.20. The van der Waals surface area contributed by atoms with Crippen molar-refractivity contribution in [2.45, 2.75) is 51.8 Å². The maximum absolute atomic E-state index is 5.13. The van der Waals surface area contributed by atoms with Gasteiger partial charge in [-0.05, 0) is 38.3 Å². The fraction of sp³-hybridized carbons (Fsp3) is 0.833. The van der Waals surface area contributed by atoms with Crippen LogP contribution in [0.1, 0.15) is 37.8 Å². The van der Waals surface area contributed by atoms with Gasteiger partial charge in [-0.25, -0.2) is 9.67 Å². The number of aryl methyl sites for hydroxylation is 1. The van der Waals surface area contributed by atoms with Gasteiger partial charge < -0.3 is 20.3 Å². The minimum absolute atomic E-state index is 0.319. The number of hydrogen-bond donors (Lipinski definition) is 2. The molecule has 2 aliphatic rings. The summed E-state index contributed by atoms with van der Waals surface area (Å²) in [4.78, 5) is 11.5. The SMILES string of the molecule is CN=C(NCC(C)CN1CCCC1)NC1CCc2nc(COC)nn2C1. The summed E-state index contributed by atoms with van der Waals surface area (Å²) in [5.74, 6) is 3.30. The van der Waals surface area contributed by atoms with Crippen molar-refractivity contribution in [3.8, 4) is 0 Å². The second-order valence-electron chi connectivity index (χ2n) is 7.51. The Morgan fingerprint density at radius 3 is 2.92 bits per heavy atom. The molecule has 0 bridgehead atoms. The van der Waals surface area contributed by atoms with Crippen molar-refractivity contribution in [3.05, 3.63) is 11.6 Å². The van der Waals surface area contributed by atoms with Gasteiger partial charge in [0.1, 0.15) is 12.4 Å². The Bertz CT molecular complexity index is 594. The lowest BCUT2D eigenvalue weighted by Gasteiger charge is -2.26. The molecule has 26 heavy (non-hydrogen) atoms. The first kappa shape index (κ1) is 19.1. The Labute approximate surface area is 156 Å². The standard InChI is InChI=1S/C18H33N7O/c1-14(11-24-8-4-5-9-24)10-20-18(19-2)21-15-6-7-17-22-16(13-26-3)23-25(17)12-15/h14-15H,4-13H2,1-3H3,(H2,19,20,21). The van der Waals surface area contributed by atoms with Gasteiger partial charge >= 0.3 is 0 Å². The molecule has 1 fully saturated rings. The first-order valence-electron chi connectivity index (χ1n) is 9.79. The predicted octanol–water partition coefficient (Wildman–Crippen LogP) is 0.636. The van der Waals surface area contributed by atoms with E-state index in [2.05, 4.69) is 37.5 Å². The number of likely N-dealkylation sites (tertiary alicyclic amines) is 1. The van der Waals surface area contributed by atoms with E-state index in [1.165, 1.54) is 25.9 Å². The number of rotatable bonds is 7. The zero-order valence-corrected chi connectivity index (χ0v) is 16.4. The topological polar surface area (TPSA) is 79.6 Å². The molecular formula is C18H33N7O. The van der Waals surface area contributed by atoms with Crippen LogP contribution in [0.5, 0.6) is 0 Å². The molecule has 2 atom stereocenters. The van der Waals surface area contributed by atoms with E-state index < -0.39 is 0 Å². The van der Waals surface area contributed by atoms with Crippen LogP contribution in [-0.2, 0) is 24.3 Å². The smallest absolute Gasteiger partial charge is 0.191 e. The van der Waals surface area contributed by atoms with Crippen molar-refractivity contribution in [3.63, 3.8) is 0 Å². The van der Waals surface area contributed by atoms with E-state index in [-0.39, 0.29) is 0 Å². The molecule has 146 valence electrons. The van der Waals surface area contributed by atoms with Crippen molar-refractivity contribution in [2.24, 2.45) is 10.9 Å². The maximum atomic E-state index is 5.13. The fourth-order valence-corrected chi connectivity index (χ4v) is 3.80. The van der Waals surface area contributed by atoms with Crippen LogP contribution in [0, 0.1) is 5.92 Å². The number of nitrogens with zero attached hydrogens (tertiary/aromatic N) is 5. The van der Waals surface area contributed by atoms with E-state index in [0.717, 1.165) is 50.1 Å². The van der Waals surface area contributed by atoms with Gasteiger partial charge in [-0.3, -0.25) is 4.99 Å². The second kappa shape index (κ2) is 9.32. The number of hydrogen-bond acceptors (Lipinski definition) is 5. The molecule has 2 N–H and O–H groups in total. The molecule has 0 saturated carbocycles. The highest BCUT2D eigenvalue weighted by Gasteiger charge is 2.22. The number of ether oxygens (including phenoxy) is 1. The second-order valence-corrected chi connectivity index (χ2v) is 7.51. The summed E-state index contributed by atoms with van der Waals surface area (Å²) in [5, 5.41) is 11.6. The molecule has 2 unspecified atom stereocenters. The van der Waals surface area contributed by atoms with Gasteiger partial charge in [0.25, 0.3) is 0 Å². The van der Waals surface area contributed by atoms with Crippen LogP contribution in [0.3, 0.4) is 0 Å². The molecule has 8 heteroatoms. The van der Waals surface area contributed by atoms with E-state index >= 15 is 0 Å². The fourth-order valence-electron chi connectivity index (χ4n) is 3.80. The van der Waals surface area contributed by atoms with Crippen LogP contribution in [0.4, 0.5) is 0 Å². The summed E-state index contributed by atoms with van der Waals surface area (Å²) in [7, 11) is 3.51. The third-order valence-corrected chi connectivity index (χ3v) is 5.13. The molecule has 0 aromatic carbocycles. The average Bonchev–Trinajstić information content (AvgIpc) is 3.27. The first-order chi connectivity index (χ1) is 12.7. The molecule has 3 rings (SSSR count). The molecular weight excluding hydrogens is 330 g/mol. The molecule has 2 aliphatic heterocycles. The summed E-state index contributed by atoms with van der Waals surface area (Å²) in [5.41, 5.74) is 0. The number of aliphatic imine (C=N–C) groups is 1. The lowest BCUT2D eigenvalue weighted by Crippen LogP contribution is -2.48. The molecule has 1 aromatic heterocycles. The first-order valence-corrected chi connectivity index (χ1v) is 9.79. The van der Waals surface area contributed by atoms with Crippen LogP contribution in [0.25, 0.3) is 0 Å². The number of nitrogens with one attached hydrogen (secondary N) is 2. The van der Waals surface area contributed by atoms with Crippen LogP contribution in [0.15, 0.2) is 4.99 Å². The van der Waals surface area contributed by atoms with Crippen molar-refractivity contribution < 1.29 is 4.74 Å². The van der Waals surface area contributed by atoms with E-state index in [1.807, 2.05) is 11.7 Å². The van der Waals surface area contributed by atoms with E-state index in [9.17, 15) is 0 Å². The largest absolute Gasteiger partial charge is 0.377 e. The summed E-state index contributed by atoms with van der Waals surface area (Å²) >= 11 is 0. The van der Waals surface area contributed by atoms with Gasteiger partial charge in [0.05, 0.1) is 6.54 Å². The minimum Gasteiger partial charge on any atom is -0.377 e. The Morgan fingerprint density at radius 1 is 1.38 bits per heavy atom. The molecule has 1 saturated heterocycles. The summed E-state index contributed by atoms with van der Waals surface area (Å²) in [6.07, 6.45) is 4.66. The molecule has 3 heterocycles. The molecule has 0 aliphatic carbocycles. The van der Waals surface area contributed by atoms with Crippen molar-refractivity contribution in [1.29, 1.82) is 0 Å². The van der Waals surface area contributed by atoms with E-state index in [0.29, 0.717) is 18.6 Å². The Kier molecular flexibility index (Phi) is 6.85. The molecule has 0 radical (unpaired) electrons. The molecule has 1 aromatic rings. The van der Waals surface area contributed by atoms with Gasteiger partial charge in [0.15, 0.2) is 11.8 Å². The lowest BCUT2D eigenvalue weighted by atomic mass is 10.1. The van der Waals surface area contributed by atoms with Crippen molar-refractivity contribution >= 4 is 5.96 Å². The van der Waals surface area contributed by atoms with Crippen LogP contribution in [0.2, 0.25) is 0 Å². The van der Waals surface area contributed by atoms with Crippen LogP contribution in [-0.4, -0.2) is 72.0 Å². The van der Waals surface area contributed by atoms with Crippen molar-refractivity contribution in [2.75, 3.05) is 40.3 Å². The highest BCUT2D eigenvalue weighted by atomic mass is 16.5. The monoisotopic (exact) mass is 363 g/mol. The molecule has 0 amide bonds. The predicted molar refractivity (Wildman–Crippen MR) is 102 cm³/mol. The van der Waals surface area contributed by atoms with Gasteiger partial charge in [0.2, 0.25) is 0 Å². The van der Waals surface area contributed by atoms with E-state index in [4.69, 9.17) is 4.74 Å². The average molecular weight is 364 g/mol. The Morgan fingerprint density at radius 2 is 2.19 bits per heavy atom. The number of fused-ring (bicyclic) bond motifs is 1. The van der Waals surface area contributed by atoms with Crippen LogP contribution >= 0.6 is 0 Å². The lowest BCUT2D eigenvalue weighted by molar-refractivity contribution is 0.177. The van der Waals surface area contributed by atoms with E-state index in [1.54, 1.807) is 7.11 Å². The van der Waals surface area contributed by atoms with Gasteiger partial charge in [0, 0.05) is 39.7 Å². The minimum atomic E-state index is 0.319. The third-order valence-electron chi connectivity index (χ3n) is 5.13. The molecule has 8 nitrogen and oxygen atoms in total. The molecule has 0 spiro atoms. The maximum Gasteiger partial charge on any atom is 0.191 e. The zero-order valence-electron chi connectivity index (χ0n) is 16.4. The van der Waals surface area contributed by atoms with Gasteiger partial charge in [-0.2, -0.15) is 5.10 Å². The quantitative estimate of drug-likeness (QED) is 0.547. The van der Waals surface area contributed by atoms with Crippen molar-refractivity contribution in [1.82, 2.24) is 30.3 Å². The highest BCUT2D eigenvalue weighted by molar-refractivity contribution is 5.79. The summed E-state index contributed by atoms with van der Waals surface area (Å²) in [6, 6.07) is 0.319. The number of aromatic nitrogens is 3. The Balaban J connectivity index is 1.44. The third kappa shape index (κ3) is 5.17. The van der Waals surface area contributed by atoms with Gasteiger partial charge in [-0.15, -0.1) is 0 Å². The highest BCUT2D eigenvalue weighted by Crippen LogP contribution is 2.13. The normalized spacial score (nSPS) is 22.3. The summed E-state index contributed by atoms with van der Waals surface area (Å²) < 4.78 is 7.13. The van der Waals surface area contributed by atoms with Gasteiger partial charge in [-0.1, -0.05) is 6.92 Å². The number of methoxy groups -OCH3 is 1. The number of guanidine groups is 1. The Hall–Kier alpha value is -1.67. The van der Waals surface area contributed by atoms with Crippen LogP contribution < -0.4 is 10.6 Å².